The average molecular weight is 339 g/mol. The number of carbonyl (C=O) groups excluding carboxylic acids is 1. The maximum Gasteiger partial charge on any atom is 0.250 e. The van der Waals surface area contributed by atoms with Gasteiger partial charge < -0.3 is 0 Å². The quantitative estimate of drug-likeness (QED) is 0.701. The molecule has 0 fully saturated rings. The van der Waals surface area contributed by atoms with E-state index in [1.54, 1.807) is 12.3 Å². The number of nitrogens with zero attached hydrogens (tertiary/aromatic N) is 4. The number of hydrogen-bond acceptors (Lipinski definition) is 5. The van der Waals surface area contributed by atoms with Crippen molar-refractivity contribution in [2.24, 2.45) is 0 Å². The molecule has 0 aliphatic rings. The molecular weight excluding hydrogens is 322 g/mol. The summed E-state index contributed by atoms with van der Waals surface area (Å²) in [5, 5.41) is 16.3. The Morgan fingerprint density at radius 3 is 2.88 bits per heavy atom. The fourth-order valence-corrected chi connectivity index (χ4v) is 2.77. The van der Waals surface area contributed by atoms with Gasteiger partial charge in [-0.25, -0.2) is 0 Å². The van der Waals surface area contributed by atoms with Crippen LogP contribution in [0.3, 0.4) is 0 Å². The van der Waals surface area contributed by atoms with Crippen molar-refractivity contribution in [3.05, 3.63) is 64.9 Å². The van der Waals surface area contributed by atoms with Crippen molar-refractivity contribution in [1.82, 2.24) is 20.0 Å². The monoisotopic (exact) mass is 339 g/mol. The Hall–Kier alpha value is -2.80. The molecule has 0 atom stereocenters. The number of aryl methyl sites for hydroxylation is 1. The number of amides is 1. The predicted molar refractivity (Wildman–Crippen MR) is 94.7 cm³/mol. The molecule has 0 bridgehead atoms. The van der Waals surface area contributed by atoms with Gasteiger partial charge in [0.05, 0.1) is 12.7 Å². The fourth-order valence-electron chi connectivity index (χ4n) is 2.09. The lowest BCUT2D eigenvalue weighted by molar-refractivity contribution is -0.111. The third-order valence-corrected chi connectivity index (χ3v) is 4.25. The summed E-state index contributed by atoms with van der Waals surface area (Å²) < 4.78 is 1.84. The number of carbonyl (C=O) groups is 1. The van der Waals surface area contributed by atoms with Gasteiger partial charge in [-0.2, -0.15) is 5.10 Å². The van der Waals surface area contributed by atoms with E-state index >= 15 is 0 Å². The zero-order valence-corrected chi connectivity index (χ0v) is 14.0. The minimum Gasteiger partial charge on any atom is -0.297 e. The first-order chi connectivity index (χ1) is 11.7. The van der Waals surface area contributed by atoms with Crippen molar-refractivity contribution < 1.29 is 4.79 Å². The van der Waals surface area contributed by atoms with Crippen molar-refractivity contribution in [1.29, 1.82) is 0 Å². The number of nitrogens with one attached hydrogen (secondary N) is 1. The van der Waals surface area contributed by atoms with Crippen LogP contribution in [0.25, 0.3) is 6.08 Å². The lowest BCUT2D eigenvalue weighted by atomic mass is 10.2. The average Bonchev–Trinajstić information content (AvgIpc) is 3.23. The molecule has 1 N–H and O–H groups in total. The normalized spacial score (nSPS) is 11.0. The summed E-state index contributed by atoms with van der Waals surface area (Å²) in [5.74, 6) is -0.232. The van der Waals surface area contributed by atoms with Crippen LogP contribution in [0, 0.1) is 0 Å². The van der Waals surface area contributed by atoms with Gasteiger partial charge in [-0.1, -0.05) is 48.6 Å². The molecule has 1 amide bonds. The van der Waals surface area contributed by atoms with Gasteiger partial charge in [0.25, 0.3) is 0 Å². The molecule has 24 heavy (non-hydrogen) atoms. The molecule has 6 nitrogen and oxygen atoms in total. The van der Waals surface area contributed by atoms with E-state index in [2.05, 4.69) is 32.7 Å². The molecule has 7 heteroatoms. The van der Waals surface area contributed by atoms with Crippen LogP contribution in [0.4, 0.5) is 5.13 Å². The van der Waals surface area contributed by atoms with E-state index in [0.29, 0.717) is 11.7 Å². The first kappa shape index (κ1) is 16.1. The third-order valence-electron chi connectivity index (χ3n) is 3.27. The number of anilines is 1. The fraction of sp³-hybridized carbons (Fsp3) is 0.176. The maximum absolute atomic E-state index is 11.9. The Balaban J connectivity index is 1.57. The molecule has 3 aromatic rings. The Bertz CT molecular complexity index is 838. The Morgan fingerprint density at radius 1 is 1.29 bits per heavy atom. The number of benzene rings is 1. The number of rotatable bonds is 6. The molecule has 1 aromatic carbocycles. The Kier molecular flexibility index (Phi) is 5.12. The summed E-state index contributed by atoms with van der Waals surface area (Å²) in [6.07, 6.45) is 7.64. The molecule has 122 valence electrons. The first-order valence-corrected chi connectivity index (χ1v) is 8.42. The van der Waals surface area contributed by atoms with Gasteiger partial charge in [-0.3, -0.25) is 14.8 Å². The Morgan fingerprint density at radius 2 is 2.12 bits per heavy atom. The highest BCUT2D eigenvalue weighted by atomic mass is 32.1. The molecule has 0 aliphatic heterocycles. The maximum atomic E-state index is 11.9. The predicted octanol–water partition coefficient (Wildman–Crippen LogP) is 3.00. The molecule has 0 saturated carbocycles. The van der Waals surface area contributed by atoms with Gasteiger partial charge >= 0.3 is 0 Å². The largest absolute Gasteiger partial charge is 0.297 e. The molecule has 0 aliphatic carbocycles. The van der Waals surface area contributed by atoms with Crippen LogP contribution in [0.1, 0.15) is 23.1 Å². The van der Waals surface area contributed by atoms with Crippen LogP contribution in [0.2, 0.25) is 0 Å². The summed E-state index contributed by atoms with van der Waals surface area (Å²) >= 11 is 1.38. The second-order valence-corrected chi connectivity index (χ2v) is 6.20. The van der Waals surface area contributed by atoms with Crippen LogP contribution in [0.5, 0.6) is 0 Å². The highest BCUT2D eigenvalue weighted by molar-refractivity contribution is 7.15. The van der Waals surface area contributed by atoms with E-state index in [9.17, 15) is 4.79 Å². The topological polar surface area (TPSA) is 72.7 Å². The summed E-state index contributed by atoms with van der Waals surface area (Å²) in [7, 11) is 0. The SMILES string of the molecule is CCc1nnc(NC(=O)/C=C/c2cnn(Cc3ccccc3)c2)s1. The molecule has 0 saturated heterocycles. The molecule has 2 aromatic heterocycles. The van der Waals surface area contributed by atoms with Crippen LogP contribution in [-0.2, 0) is 17.8 Å². The van der Waals surface area contributed by atoms with Crippen molar-refractivity contribution in [3.63, 3.8) is 0 Å². The molecule has 0 unspecified atom stereocenters. The van der Waals surface area contributed by atoms with Crippen molar-refractivity contribution in [3.8, 4) is 0 Å². The van der Waals surface area contributed by atoms with Crippen LogP contribution in [-0.4, -0.2) is 25.9 Å². The molecular formula is C17H17N5OS. The highest BCUT2D eigenvalue weighted by Gasteiger charge is 2.05. The zero-order valence-electron chi connectivity index (χ0n) is 13.2. The van der Waals surface area contributed by atoms with E-state index in [-0.39, 0.29) is 5.91 Å². The van der Waals surface area contributed by atoms with Crippen LogP contribution in [0.15, 0.2) is 48.8 Å². The van der Waals surface area contributed by atoms with Crippen LogP contribution < -0.4 is 5.32 Å². The molecule has 0 spiro atoms. The van der Waals surface area contributed by atoms with Gasteiger partial charge in [0.1, 0.15) is 5.01 Å². The Labute approximate surface area is 143 Å². The standard InChI is InChI=1S/C17H17N5OS/c1-2-16-20-21-17(24-16)19-15(23)9-8-14-10-18-22(12-14)11-13-6-4-3-5-7-13/h3-10,12H,2,11H2,1H3,(H,19,21,23)/b9-8+. The summed E-state index contributed by atoms with van der Waals surface area (Å²) in [5.41, 5.74) is 2.05. The highest BCUT2D eigenvalue weighted by Crippen LogP contribution is 2.15. The minimum absolute atomic E-state index is 0.232. The lowest BCUT2D eigenvalue weighted by Gasteiger charge is -2.00. The minimum atomic E-state index is -0.232. The number of hydrogen-bond donors (Lipinski definition) is 1. The smallest absolute Gasteiger partial charge is 0.250 e. The van der Waals surface area contributed by atoms with E-state index in [1.807, 2.05) is 36.0 Å². The van der Waals surface area contributed by atoms with E-state index < -0.39 is 0 Å². The van der Waals surface area contributed by atoms with Gasteiger partial charge in [0, 0.05) is 17.8 Å². The van der Waals surface area contributed by atoms with Gasteiger partial charge in [0.2, 0.25) is 11.0 Å². The second kappa shape index (κ2) is 7.65. The van der Waals surface area contributed by atoms with E-state index in [0.717, 1.165) is 17.0 Å². The summed E-state index contributed by atoms with van der Waals surface area (Å²) in [4.78, 5) is 11.9. The van der Waals surface area contributed by atoms with Gasteiger partial charge in [-0.05, 0) is 18.1 Å². The van der Waals surface area contributed by atoms with Crippen molar-refractivity contribution in [2.45, 2.75) is 19.9 Å². The van der Waals surface area contributed by atoms with E-state index in [1.165, 1.54) is 23.0 Å². The van der Waals surface area contributed by atoms with Crippen molar-refractivity contribution in [2.75, 3.05) is 5.32 Å². The van der Waals surface area contributed by atoms with Gasteiger partial charge in [0.15, 0.2) is 0 Å². The molecule has 0 radical (unpaired) electrons. The molecule has 3 rings (SSSR count). The van der Waals surface area contributed by atoms with Crippen molar-refractivity contribution >= 4 is 28.5 Å². The lowest BCUT2D eigenvalue weighted by Crippen LogP contribution is -2.07. The second-order valence-electron chi connectivity index (χ2n) is 5.13. The zero-order chi connectivity index (χ0) is 16.8. The molecule has 2 heterocycles. The first-order valence-electron chi connectivity index (χ1n) is 7.61. The van der Waals surface area contributed by atoms with Crippen LogP contribution >= 0.6 is 11.3 Å². The van der Waals surface area contributed by atoms with E-state index in [4.69, 9.17) is 0 Å². The summed E-state index contributed by atoms with van der Waals surface area (Å²) in [6.45, 7) is 2.70. The summed E-state index contributed by atoms with van der Waals surface area (Å²) in [6, 6.07) is 10.1. The van der Waals surface area contributed by atoms with Gasteiger partial charge in [-0.15, -0.1) is 10.2 Å². The number of aromatic nitrogens is 4. The third kappa shape index (κ3) is 4.36.